The summed E-state index contributed by atoms with van der Waals surface area (Å²) < 4.78 is 2.24. The zero-order valence-corrected chi connectivity index (χ0v) is 21.8. The van der Waals surface area contributed by atoms with E-state index in [9.17, 15) is 4.79 Å². The summed E-state index contributed by atoms with van der Waals surface area (Å²) >= 11 is 0. The van der Waals surface area contributed by atoms with Gasteiger partial charge in [0.2, 0.25) is 0 Å². The van der Waals surface area contributed by atoms with Gasteiger partial charge in [-0.1, -0.05) is 122 Å². The van der Waals surface area contributed by atoms with E-state index in [1.54, 1.807) is 0 Å². The van der Waals surface area contributed by atoms with E-state index in [0.717, 1.165) is 51.9 Å². The van der Waals surface area contributed by atoms with Gasteiger partial charge >= 0.3 is 0 Å². The third-order valence-electron chi connectivity index (χ3n) is 8.76. The van der Waals surface area contributed by atoms with E-state index in [4.69, 9.17) is 4.98 Å². The molecule has 2 aliphatic rings. The van der Waals surface area contributed by atoms with Gasteiger partial charge in [0.05, 0.1) is 12.0 Å². The van der Waals surface area contributed by atoms with Crippen LogP contribution in [0.25, 0.3) is 17.3 Å². The number of imidazole rings is 1. The molecule has 0 amide bonds. The van der Waals surface area contributed by atoms with Crippen molar-refractivity contribution < 1.29 is 4.79 Å². The van der Waals surface area contributed by atoms with Crippen molar-refractivity contribution in [2.75, 3.05) is 0 Å². The van der Waals surface area contributed by atoms with E-state index in [2.05, 4.69) is 126 Å². The second kappa shape index (κ2) is 9.36. The lowest BCUT2D eigenvalue weighted by Gasteiger charge is -2.50. The Morgan fingerprint density at radius 1 is 0.718 bits per heavy atom. The predicted molar refractivity (Wildman–Crippen MR) is 156 cm³/mol. The average Bonchev–Trinajstić information content (AvgIpc) is 3.46. The summed E-state index contributed by atoms with van der Waals surface area (Å²) in [6.45, 7) is 0. The lowest BCUT2D eigenvalue weighted by molar-refractivity contribution is -0.127. The molecule has 0 saturated heterocycles. The van der Waals surface area contributed by atoms with Crippen LogP contribution in [0.2, 0.25) is 0 Å². The molecular formula is C36H30N2O. The smallest absolute Gasteiger partial charge is 0.160 e. The van der Waals surface area contributed by atoms with Gasteiger partial charge in [-0.3, -0.25) is 4.79 Å². The summed E-state index contributed by atoms with van der Waals surface area (Å²) in [5, 5.41) is 0. The first-order chi connectivity index (χ1) is 19.2. The molecule has 1 heterocycles. The van der Waals surface area contributed by atoms with Crippen LogP contribution in [0, 0.1) is 5.41 Å². The molecule has 2 saturated carbocycles. The lowest BCUT2D eigenvalue weighted by Crippen LogP contribution is -2.45. The predicted octanol–water partition coefficient (Wildman–Crippen LogP) is 7.92. The molecule has 5 aromatic rings. The van der Waals surface area contributed by atoms with E-state index in [-0.39, 0.29) is 5.41 Å². The number of hydrogen-bond donors (Lipinski definition) is 0. The van der Waals surface area contributed by atoms with Crippen LogP contribution in [0.15, 0.2) is 133 Å². The third kappa shape index (κ3) is 3.72. The molecule has 1 aromatic heterocycles. The highest BCUT2D eigenvalue weighted by Gasteiger charge is 2.52. The Kier molecular flexibility index (Phi) is 5.66. The second-order valence-electron chi connectivity index (χ2n) is 10.9. The molecule has 2 fully saturated rings. The summed E-state index contributed by atoms with van der Waals surface area (Å²) in [5.74, 6) is 0.297. The molecule has 39 heavy (non-hydrogen) atoms. The Labute approximate surface area is 229 Å². The lowest BCUT2D eigenvalue weighted by atomic mass is 9.52. The molecule has 0 atom stereocenters. The standard InChI is InChI=1S/C36H30N2O/c39-34-24-35(21-12-22-35)32(34)23-27-13-10-11-20-31(27)33-25-38(26-37-33)36(28-14-4-1-5-15-28,29-16-6-2-7-17-29)30-18-8-3-9-19-30/h1-11,13-20,23,25-26H,12,21-22,24H2. The molecule has 190 valence electrons. The quantitative estimate of drug-likeness (QED) is 0.173. The zero-order chi connectivity index (χ0) is 26.3. The minimum Gasteiger partial charge on any atom is -0.318 e. The Bertz CT molecular complexity index is 1560. The first-order valence-corrected chi connectivity index (χ1v) is 13.8. The van der Waals surface area contributed by atoms with Crippen molar-refractivity contribution >= 4 is 11.9 Å². The number of carbonyl (C=O) groups is 1. The van der Waals surface area contributed by atoms with Gasteiger partial charge in [-0.05, 0) is 41.2 Å². The maximum atomic E-state index is 12.6. The van der Waals surface area contributed by atoms with E-state index < -0.39 is 5.54 Å². The largest absolute Gasteiger partial charge is 0.318 e. The number of hydrogen-bond acceptors (Lipinski definition) is 2. The Hall–Kier alpha value is -4.50. The molecule has 0 N–H and O–H groups in total. The molecule has 3 heteroatoms. The molecule has 1 spiro atoms. The van der Waals surface area contributed by atoms with Crippen LogP contribution < -0.4 is 0 Å². The second-order valence-corrected chi connectivity index (χ2v) is 10.9. The third-order valence-corrected chi connectivity index (χ3v) is 8.76. The van der Waals surface area contributed by atoms with Gasteiger partial charge in [0.25, 0.3) is 0 Å². The van der Waals surface area contributed by atoms with Crippen LogP contribution in [-0.2, 0) is 10.3 Å². The molecule has 3 nitrogen and oxygen atoms in total. The van der Waals surface area contributed by atoms with Gasteiger partial charge in [-0.15, -0.1) is 0 Å². The summed E-state index contributed by atoms with van der Waals surface area (Å²) in [6.07, 6.45) is 10.4. The Morgan fingerprint density at radius 3 is 1.77 bits per heavy atom. The molecule has 7 rings (SSSR count). The van der Waals surface area contributed by atoms with E-state index >= 15 is 0 Å². The average molecular weight is 507 g/mol. The SMILES string of the molecule is O=C1CC2(CCC2)C1=Cc1ccccc1-c1cn(C(c2ccccc2)(c2ccccc2)c2ccccc2)cn1. The Balaban J connectivity index is 1.41. The first kappa shape index (κ1) is 23.6. The minimum absolute atomic E-state index is 0.132. The van der Waals surface area contributed by atoms with Crippen LogP contribution in [0.1, 0.15) is 47.9 Å². The summed E-state index contributed by atoms with van der Waals surface area (Å²) in [6, 6.07) is 40.3. The van der Waals surface area contributed by atoms with Crippen molar-refractivity contribution in [2.45, 2.75) is 31.2 Å². The number of benzene rings is 4. The monoisotopic (exact) mass is 506 g/mol. The topological polar surface area (TPSA) is 34.9 Å². The van der Waals surface area contributed by atoms with E-state index in [0.29, 0.717) is 12.2 Å². The normalized spacial score (nSPS) is 17.1. The highest BCUT2D eigenvalue weighted by molar-refractivity contribution is 6.08. The summed E-state index contributed by atoms with van der Waals surface area (Å²) in [7, 11) is 0. The summed E-state index contributed by atoms with van der Waals surface area (Å²) in [4.78, 5) is 17.6. The van der Waals surface area contributed by atoms with Crippen LogP contribution in [0.3, 0.4) is 0 Å². The van der Waals surface area contributed by atoms with Gasteiger partial charge in [0.15, 0.2) is 5.78 Å². The number of aromatic nitrogens is 2. The highest BCUT2D eigenvalue weighted by Crippen LogP contribution is 2.58. The van der Waals surface area contributed by atoms with Gasteiger partial charge in [-0.25, -0.2) is 4.98 Å². The van der Waals surface area contributed by atoms with Gasteiger partial charge in [-0.2, -0.15) is 0 Å². The molecule has 4 aromatic carbocycles. The molecule has 0 unspecified atom stereocenters. The van der Waals surface area contributed by atoms with E-state index in [1.165, 1.54) is 6.42 Å². The van der Waals surface area contributed by atoms with Crippen LogP contribution in [-0.4, -0.2) is 15.3 Å². The summed E-state index contributed by atoms with van der Waals surface area (Å²) in [5.41, 5.74) is 7.01. The molecule has 0 bridgehead atoms. The number of nitrogens with zero attached hydrogens (tertiary/aromatic N) is 2. The fraction of sp³-hybridized carbons (Fsp3) is 0.167. The minimum atomic E-state index is -0.609. The van der Waals surface area contributed by atoms with Crippen molar-refractivity contribution in [3.05, 3.63) is 156 Å². The van der Waals surface area contributed by atoms with Crippen molar-refractivity contribution in [2.24, 2.45) is 5.41 Å². The number of allylic oxidation sites excluding steroid dienone is 1. The fourth-order valence-electron chi connectivity index (χ4n) is 6.61. The molecular weight excluding hydrogens is 476 g/mol. The number of carbonyl (C=O) groups excluding carboxylic acids is 1. The van der Waals surface area contributed by atoms with E-state index in [1.807, 2.05) is 12.4 Å². The van der Waals surface area contributed by atoms with Crippen molar-refractivity contribution in [1.29, 1.82) is 0 Å². The van der Waals surface area contributed by atoms with Gasteiger partial charge in [0, 0.05) is 29.2 Å². The van der Waals surface area contributed by atoms with Crippen molar-refractivity contribution in [1.82, 2.24) is 9.55 Å². The zero-order valence-electron chi connectivity index (χ0n) is 21.8. The number of ketones is 1. The molecule has 0 radical (unpaired) electrons. The van der Waals surface area contributed by atoms with Gasteiger partial charge in [0.1, 0.15) is 5.54 Å². The number of Topliss-reactive ketones (excluding diaryl/α,β-unsaturated/α-hetero) is 1. The number of rotatable bonds is 6. The highest BCUT2D eigenvalue weighted by atomic mass is 16.1. The maximum Gasteiger partial charge on any atom is 0.160 e. The molecule has 0 aliphatic heterocycles. The van der Waals surface area contributed by atoms with Crippen LogP contribution in [0.5, 0.6) is 0 Å². The van der Waals surface area contributed by atoms with Crippen LogP contribution >= 0.6 is 0 Å². The molecule has 2 aliphatic carbocycles. The van der Waals surface area contributed by atoms with Crippen molar-refractivity contribution in [3.63, 3.8) is 0 Å². The van der Waals surface area contributed by atoms with Crippen molar-refractivity contribution in [3.8, 4) is 11.3 Å². The first-order valence-electron chi connectivity index (χ1n) is 13.8. The Morgan fingerprint density at radius 2 is 1.26 bits per heavy atom. The fourth-order valence-corrected chi connectivity index (χ4v) is 6.61. The van der Waals surface area contributed by atoms with Gasteiger partial charge < -0.3 is 4.57 Å². The van der Waals surface area contributed by atoms with Crippen LogP contribution in [0.4, 0.5) is 0 Å². The maximum absolute atomic E-state index is 12.6.